The van der Waals surface area contributed by atoms with E-state index >= 15 is 0 Å². The van der Waals surface area contributed by atoms with Crippen LogP contribution in [-0.2, 0) is 25.8 Å². The smallest absolute Gasteiger partial charge is 0.0316 e. The van der Waals surface area contributed by atoms with Crippen molar-refractivity contribution in [1.82, 2.24) is 4.57 Å². The highest BCUT2D eigenvalue weighted by molar-refractivity contribution is 5.43. The van der Waals surface area contributed by atoms with Crippen molar-refractivity contribution < 1.29 is 0 Å². The Morgan fingerprint density at radius 3 is 2.39 bits per heavy atom. The summed E-state index contributed by atoms with van der Waals surface area (Å²) in [5, 5.41) is 0. The highest BCUT2D eigenvalue weighted by Crippen LogP contribution is 2.24. The van der Waals surface area contributed by atoms with Crippen molar-refractivity contribution in [2.45, 2.75) is 72.3 Å². The number of nitrogens with zero attached hydrogens (tertiary/aromatic N) is 1. The maximum Gasteiger partial charge on any atom is 0.0316 e. The predicted octanol–water partition coefficient (Wildman–Crippen LogP) is 5.37. The maximum atomic E-state index is 5.97. The van der Waals surface area contributed by atoms with Crippen molar-refractivity contribution in [1.29, 1.82) is 0 Å². The van der Waals surface area contributed by atoms with Gasteiger partial charge in [-0.3, -0.25) is 0 Å². The van der Waals surface area contributed by atoms with Gasteiger partial charge >= 0.3 is 0 Å². The Morgan fingerprint density at radius 1 is 0.957 bits per heavy atom. The number of aryl methyl sites for hydroxylation is 2. The molecule has 2 rings (SSSR count). The van der Waals surface area contributed by atoms with E-state index in [2.05, 4.69) is 49.6 Å². The highest BCUT2D eigenvalue weighted by atomic mass is 15.0. The minimum Gasteiger partial charge on any atom is -0.399 e. The molecule has 126 valence electrons. The Balaban J connectivity index is 2.39. The number of hydrogen-bond acceptors (Lipinski definition) is 1. The van der Waals surface area contributed by atoms with Gasteiger partial charge in [0.05, 0.1) is 0 Å². The highest BCUT2D eigenvalue weighted by Gasteiger charge is 2.14. The number of nitrogen functional groups attached to an aromatic ring is 1. The lowest BCUT2D eigenvalue weighted by molar-refractivity contribution is 0.586. The van der Waals surface area contributed by atoms with Gasteiger partial charge in [0, 0.05) is 30.0 Å². The molecule has 1 aromatic carbocycles. The van der Waals surface area contributed by atoms with Crippen molar-refractivity contribution >= 4 is 5.69 Å². The van der Waals surface area contributed by atoms with Crippen molar-refractivity contribution in [2.24, 2.45) is 0 Å². The molecule has 0 saturated heterocycles. The molecule has 0 bridgehead atoms. The van der Waals surface area contributed by atoms with Gasteiger partial charge in [-0.05, 0) is 48.6 Å². The topological polar surface area (TPSA) is 30.9 Å². The molecule has 0 radical (unpaired) electrons. The van der Waals surface area contributed by atoms with Gasteiger partial charge in [0.25, 0.3) is 0 Å². The third-order valence-corrected chi connectivity index (χ3v) is 4.47. The van der Waals surface area contributed by atoms with Crippen LogP contribution in [0.4, 0.5) is 5.69 Å². The van der Waals surface area contributed by atoms with Gasteiger partial charge in [0.15, 0.2) is 0 Å². The molecule has 1 aromatic heterocycles. The molecular formula is C21H32N2. The zero-order valence-corrected chi connectivity index (χ0v) is 15.1. The van der Waals surface area contributed by atoms with Crippen molar-refractivity contribution in [3.63, 3.8) is 0 Å². The van der Waals surface area contributed by atoms with Crippen LogP contribution in [0.2, 0.25) is 0 Å². The first kappa shape index (κ1) is 17.7. The molecule has 1 heterocycles. The normalized spacial score (nSPS) is 11.1. The average molecular weight is 313 g/mol. The fraction of sp³-hybridized carbons (Fsp3) is 0.524. The fourth-order valence-electron chi connectivity index (χ4n) is 3.36. The number of aromatic nitrogens is 1. The van der Waals surface area contributed by atoms with E-state index in [0.717, 1.165) is 18.7 Å². The van der Waals surface area contributed by atoms with E-state index in [0.29, 0.717) is 0 Å². The number of benzene rings is 1. The molecule has 0 unspecified atom stereocenters. The van der Waals surface area contributed by atoms with Crippen LogP contribution in [0.15, 0.2) is 30.3 Å². The van der Waals surface area contributed by atoms with Crippen LogP contribution < -0.4 is 5.73 Å². The summed E-state index contributed by atoms with van der Waals surface area (Å²) in [6, 6.07) is 10.8. The van der Waals surface area contributed by atoms with Crippen LogP contribution in [-0.4, -0.2) is 4.57 Å². The third kappa shape index (κ3) is 4.63. The summed E-state index contributed by atoms with van der Waals surface area (Å²) >= 11 is 0. The largest absolute Gasteiger partial charge is 0.399 e. The third-order valence-electron chi connectivity index (χ3n) is 4.47. The average Bonchev–Trinajstić information content (AvgIpc) is 2.83. The summed E-state index contributed by atoms with van der Waals surface area (Å²) in [5.41, 5.74) is 12.7. The molecule has 0 aliphatic carbocycles. The molecule has 23 heavy (non-hydrogen) atoms. The molecule has 0 saturated carbocycles. The van der Waals surface area contributed by atoms with Crippen LogP contribution in [0.25, 0.3) is 0 Å². The monoisotopic (exact) mass is 312 g/mol. The van der Waals surface area contributed by atoms with Gasteiger partial charge in [-0.25, -0.2) is 0 Å². The Bertz CT molecular complexity index is 610. The summed E-state index contributed by atoms with van der Waals surface area (Å²) in [6.07, 6.45) is 8.25. The molecule has 2 N–H and O–H groups in total. The second-order valence-corrected chi connectivity index (χ2v) is 6.53. The van der Waals surface area contributed by atoms with Gasteiger partial charge in [0.1, 0.15) is 0 Å². The van der Waals surface area contributed by atoms with Gasteiger partial charge in [-0.1, -0.05) is 52.2 Å². The number of anilines is 1. The Hall–Kier alpha value is -1.70. The van der Waals surface area contributed by atoms with Crippen molar-refractivity contribution in [3.8, 4) is 0 Å². The van der Waals surface area contributed by atoms with E-state index in [4.69, 9.17) is 5.73 Å². The van der Waals surface area contributed by atoms with Crippen LogP contribution in [0, 0.1) is 0 Å². The summed E-state index contributed by atoms with van der Waals surface area (Å²) in [4.78, 5) is 0. The van der Waals surface area contributed by atoms with Crippen LogP contribution in [0.1, 0.15) is 69.0 Å². The van der Waals surface area contributed by atoms with Gasteiger partial charge in [-0.15, -0.1) is 0 Å². The van der Waals surface area contributed by atoms with Crippen molar-refractivity contribution in [3.05, 3.63) is 52.8 Å². The summed E-state index contributed by atoms with van der Waals surface area (Å²) < 4.78 is 2.60. The molecule has 2 heteroatoms. The number of unbranched alkanes of at least 4 members (excludes halogenated alkanes) is 1. The number of nitrogens with two attached hydrogens (primary N) is 1. The minimum atomic E-state index is 0.861. The summed E-state index contributed by atoms with van der Waals surface area (Å²) in [7, 11) is 0. The molecule has 0 fully saturated rings. The Morgan fingerprint density at radius 2 is 1.74 bits per heavy atom. The molecule has 0 spiro atoms. The lowest BCUT2D eigenvalue weighted by Gasteiger charge is -2.15. The SMILES string of the molecule is CCCCn1c(CCC)cc(CCC)c1Cc1cccc(N)c1. The van der Waals surface area contributed by atoms with E-state index in [1.807, 2.05) is 6.07 Å². The van der Waals surface area contributed by atoms with Crippen molar-refractivity contribution in [2.75, 3.05) is 5.73 Å². The molecule has 0 aliphatic heterocycles. The molecule has 2 aromatic rings. The zero-order chi connectivity index (χ0) is 16.7. The molecular weight excluding hydrogens is 280 g/mol. The zero-order valence-electron chi connectivity index (χ0n) is 15.1. The van der Waals surface area contributed by atoms with Crippen LogP contribution in [0.5, 0.6) is 0 Å². The van der Waals surface area contributed by atoms with Gasteiger partial charge in [-0.2, -0.15) is 0 Å². The quantitative estimate of drug-likeness (QED) is 0.620. The first-order valence-electron chi connectivity index (χ1n) is 9.24. The first-order valence-corrected chi connectivity index (χ1v) is 9.24. The lowest BCUT2D eigenvalue weighted by atomic mass is 10.0. The lowest BCUT2D eigenvalue weighted by Crippen LogP contribution is -2.09. The standard InChI is InChI=1S/C21H32N2/c1-4-7-13-23-20(10-6-3)16-18(9-5-2)21(23)15-17-11-8-12-19(22)14-17/h8,11-12,14,16H,4-7,9-10,13,15,22H2,1-3H3. The van der Waals surface area contributed by atoms with E-state index in [-0.39, 0.29) is 0 Å². The second kappa shape index (κ2) is 8.81. The first-order chi connectivity index (χ1) is 11.2. The van der Waals surface area contributed by atoms with E-state index < -0.39 is 0 Å². The minimum absolute atomic E-state index is 0.861. The Labute approximate surface area is 141 Å². The number of rotatable bonds is 9. The van der Waals surface area contributed by atoms with E-state index in [1.54, 1.807) is 0 Å². The fourth-order valence-corrected chi connectivity index (χ4v) is 3.36. The van der Waals surface area contributed by atoms with Gasteiger partial charge < -0.3 is 10.3 Å². The van der Waals surface area contributed by atoms with E-state index in [1.165, 1.54) is 61.0 Å². The number of hydrogen-bond donors (Lipinski definition) is 1. The summed E-state index contributed by atoms with van der Waals surface area (Å²) in [5.74, 6) is 0. The van der Waals surface area contributed by atoms with Crippen LogP contribution in [0.3, 0.4) is 0 Å². The Kier molecular flexibility index (Phi) is 6.76. The predicted molar refractivity (Wildman–Crippen MR) is 101 cm³/mol. The molecule has 0 atom stereocenters. The molecule has 2 nitrogen and oxygen atoms in total. The van der Waals surface area contributed by atoms with Crippen LogP contribution >= 0.6 is 0 Å². The summed E-state index contributed by atoms with van der Waals surface area (Å²) in [6.45, 7) is 7.96. The molecule has 0 amide bonds. The second-order valence-electron chi connectivity index (χ2n) is 6.53. The maximum absolute atomic E-state index is 5.97. The molecule has 0 aliphatic rings. The van der Waals surface area contributed by atoms with Gasteiger partial charge in [0.2, 0.25) is 0 Å². The van der Waals surface area contributed by atoms with E-state index in [9.17, 15) is 0 Å².